The Morgan fingerprint density at radius 2 is 2.17 bits per heavy atom. The lowest BCUT2D eigenvalue weighted by atomic mass is 10.1. The van der Waals surface area contributed by atoms with Gasteiger partial charge in [-0.3, -0.25) is 0 Å². The minimum Gasteiger partial charge on any atom is -0.465 e. The summed E-state index contributed by atoms with van der Waals surface area (Å²) in [5.41, 5.74) is 2.63. The Bertz CT molecular complexity index is 825. The van der Waals surface area contributed by atoms with Gasteiger partial charge in [0.15, 0.2) is 0 Å². The van der Waals surface area contributed by atoms with Gasteiger partial charge >= 0.3 is 5.97 Å². The molecule has 1 aromatic carbocycles. The van der Waals surface area contributed by atoms with Crippen LogP contribution >= 0.6 is 23.1 Å². The van der Waals surface area contributed by atoms with Crippen LogP contribution in [-0.4, -0.2) is 18.1 Å². The van der Waals surface area contributed by atoms with E-state index in [1.165, 1.54) is 7.11 Å². The van der Waals surface area contributed by atoms with E-state index in [4.69, 9.17) is 9.15 Å². The molecule has 0 radical (unpaired) electrons. The molecule has 0 aliphatic heterocycles. The predicted octanol–water partition coefficient (Wildman–Crippen LogP) is 4.93. The number of benzene rings is 1. The summed E-state index contributed by atoms with van der Waals surface area (Å²) in [4.78, 5) is 17.2. The maximum absolute atomic E-state index is 11.6. The Morgan fingerprint density at radius 1 is 1.29 bits per heavy atom. The number of oxazole rings is 1. The van der Waals surface area contributed by atoms with Crippen LogP contribution in [0.4, 0.5) is 0 Å². The molecular formula is C18H17NO3S2. The fourth-order valence-corrected chi connectivity index (χ4v) is 3.87. The molecule has 0 aliphatic carbocycles. The van der Waals surface area contributed by atoms with Crippen molar-refractivity contribution in [1.29, 1.82) is 0 Å². The Balaban J connectivity index is 1.62. The SMILES string of the molecule is COC(=O)c1cccc(CSCc2nc(-c3cccs3)oc2C)c1. The second-order valence-corrected chi connectivity index (χ2v) is 7.12. The molecule has 0 unspecified atom stereocenters. The van der Waals surface area contributed by atoms with E-state index in [1.54, 1.807) is 29.2 Å². The summed E-state index contributed by atoms with van der Waals surface area (Å²) >= 11 is 3.36. The van der Waals surface area contributed by atoms with Crippen LogP contribution < -0.4 is 0 Å². The average Bonchev–Trinajstić information content (AvgIpc) is 3.24. The molecule has 3 aromatic rings. The van der Waals surface area contributed by atoms with Gasteiger partial charge in [0.1, 0.15) is 5.76 Å². The van der Waals surface area contributed by atoms with Crippen molar-refractivity contribution in [2.24, 2.45) is 0 Å². The Kier molecular flexibility index (Phi) is 5.37. The molecule has 0 saturated carbocycles. The molecule has 6 heteroatoms. The summed E-state index contributed by atoms with van der Waals surface area (Å²) in [6.07, 6.45) is 0. The first-order valence-electron chi connectivity index (χ1n) is 7.42. The highest BCUT2D eigenvalue weighted by atomic mass is 32.2. The zero-order chi connectivity index (χ0) is 16.9. The fraction of sp³-hybridized carbons (Fsp3) is 0.222. The van der Waals surface area contributed by atoms with Crippen molar-refractivity contribution in [1.82, 2.24) is 4.98 Å². The van der Waals surface area contributed by atoms with E-state index in [0.29, 0.717) is 11.5 Å². The number of thiophene rings is 1. The van der Waals surface area contributed by atoms with Crippen LogP contribution in [0.2, 0.25) is 0 Å². The largest absolute Gasteiger partial charge is 0.465 e. The highest BCUT2D eigenvalue weighted by Crippen LogP contribution is 2.28. The molecule has 2 aromatic heterocycles. The molecule has 0 bridgehead atoms. The molecule has 0 spiro atoms. The number of ether oxygens (including phenoxy) is 1. The van der Waals surface area contributed by atoms with Gasteiger partial charge < -0.3 is 9.15 Å². The second kappa shape index (κ2) is 7.68. The van der Waals surface area contributed by atoms with Crippen LogP contribution in [0, 0.1) is 6.92 Å². The summed E-state index contributed by atoms with van der Waals surface area (Å²) in [6.45, 7) is 1.94. The molecule has 4 nitrogen and oxygen atoms in total. The van der Waals surface area contributed by atoms with E-state index in [0.717, 1.165) is 33.4 Å². The highest BCUT2D eigenvalue weighted by Gasteiger charge is 2.12. The Morgan fingerprint density at radius 3 is 2.92 bits per heavy atom. The van der Waals surface area contributed by atoms with E-state index in [-0.39, 0.29) is 5.97 Å². The van der Waals surface area contributed by atoms with Gasteiger partial charge in [-0.1, -0.05) is 18.2 Å². The number of carbonyl (C=O) groups is 1. The predicted molar refractivity (Wildman–Crippen MR) is 97.3 cm³/mol. The van der Waals surface area contributed by atoms with Crippen molar-refractivity contribution in [3.63, 3.8) is 0 Å². The Hall–Kier alpha value is -2.05. The number of rotatable bonds is 6. The van der Waals surface area contributed by atoms with E-state index in [9.17, 15) is 4.79 Å². The number of aromatic nitrogens is 1. The lowest BCUT2D eigenvalue weighted by Gasteiger charge is -2.03. The van der Waals surface area contributed by atoms with E-state index in [1.807, 2.05) is 42.6 Å². The van der Waals surface area contributed by atoms with Gasteiger partial charge in [-0.05, 0) is 36.1 Å². The minimum atomic E-state index is -0.310. The third-order valence-electron chi connectivity index (χ3n) is 3.48. The normalized spacial score (nSPS) is 10.8. The maximum atomic E-state index is 11.6. The molecule has 3 rings (SSSR count). The van der Waals surface area contributed by atoms with Crippen molar-refractivity contribution in [2.45, 2.75) is 18.4 Å². The van der Waals surface area contributed by atoms with E-state index in [2.05, 4.69) is 4.98 Å². The quantitative estimate of drug-likeness (QED) is 0.584. The summed E-state index contributed by atoms with van der Waals surface area (Å²) in [7, 11) is 1.39. The van der Waals surface area contributed by atoms with Crippen molar-refractivity contribution in [2.75, 3.05) is 7.11 Å². The van der Waals surface area contributed by atoms with Gasteiger partial charge in [0.05, 0.1) is 23.2 Å². The van der Waals surface area contributed by atoms with Gasteiger partial charge in [-0.2, -0.15) is 11.8 Å². The van der Waals surface area contributed by atoms with E-state index < -0.39 is 0 Å². The first kappa shape index (κ1) is 16.8. The van der Waals surface area contributed by atoms with Crippen LogP contribution in [0.15, 0.2) is 46.2 Å². The molecule has 0 N–H and O–H groups in total. The number of methoxy groups -OCH3 is 1. The lowest BCUT2D eigenvalue weighted by Crippen LogP contribution is -2.01. The van der Waals surface area contributed by atoms with Crippen molar-refractivity contribution in [3.8, 4) is 10.8 Å². The van der Waals surface area contributed by atoms with E-state index >= 15 is 0 Å². The van der Waals surface area contributed by atoms with Crippen LogP contribution in [0.5, 0.6) is 0 Å². The second-order valence-electron chi connectivity index (χ2n) is 5.18. The fourth-order valence-electron chi connectivity index (χ4n) is 2.24. The molecule has 24 heavy (non-hydrogen) atoms. The first-order chi connectivity index (χ1) is 11.7. The number of thioether (sulfide) groups is 1. The molecule has 0 aliphatic rings. The summed E-state index contributed by atoms with van der Waals surface area (Å²) in [5, 5.41) is 2.01. The smallest absolute Gasteiger partial charge is 0.337 e. The van der Waals surface area contributed by atoms with Crippen molar-refractivity contribution < 1.29 is 13.9 Å². The standard InChI is InChI=1S/C18H17NO3S2/c1-12-15(19-17(22-12)16-7-4-8-24-16)11-23-10-13-5-3-6-14(9-13)18(20)21-2/h3-9H,10-11H2,1-2H3. The zero-order valence-electron chi connectivity index (χ0n) is 13.4. The third-order valence-corrected chi connectivity index (χ3v) is 5.35. The van der Waals surface area contributed by atoms with Crippen LogP contribution in [0.1, 0.15) is 27.4 Å². The number of hydrogen-bond donors (Lipinski definition) is 0. The minimum absolute atomic E-state index is 0.310. The number of nitrogens with zero attached hydrogens (tertiary/aromatic N) is 1. The van der Waals surface area contributed by atoms with Gasteiger partial charge in [0, 0.05) is 11.5 Å². The number of aryl methyl sites for hydroxylation is 1. The number of esters is 1. The molecule has 0 amide bonds. The van der Waals surface area contributed by atoms with Crippen LogP contribution in [-0.2, 0) is 16.2 Å². The average molecular weight is 359 g/mol. The molecular weight excluding hydrogens is 342 g/mol. The maximum Gasteiger partial charge on any atom is 0.337 e. The van der Waals surface area contributed by atoms with Crippen LogP contribution in [0.3, 0.4) is 0 Å². The highest BCUT2D eigenvalue weighted by molar-refractivity contribution is 7.97. The Labute approximate surface area is 148 Å². The lowest BCUT2D eigenvalue weighted by molar-refractivity contribution is 0.0600. The topological polar surface area (TPSA) is 52.3 Å². The van der Waals surface area contributed by atoms with Crippen molar-refractivity contribution >= 4 is 29.1 Å². The number of carbonyl (C=O) groups excluding carboxylic acids is 1. The molecule has 2 heterocycles. The zero-order valence-corrected chi connectivity index (χ0v) is 15.1. The molecule has 0 atom stereocenters. The van der Waals surface area contributed by atoms with Crippen molar-refractivity contribution in [3.05, 3.63) is 64.4 Å². The third kappa shape index (κ3) is 3.88. The molecule has 124 valence electrons. The summed E-state index contributed by atoms with van der Waals surface area (Å²) in [6, 6.07) is 11.5. The monoisotopic (exact) mass is 359 g/mol. The summed E-state index contributed by atoms with van der Waals surface area (Å²) in [5.74, 6) is 2.80. The number of hydrogen-bond acceptors (Lipinski definition) is 6. The first-order valence-corrected chi connectivity index (χ1v) is 9.46. The molecule has 0 fully saturated rings. The molecule has 0 saturated heterocycles. The van der Waals surface area contributed by atoms with Gasteiger partial charge in [-0.25, -0.2) is 9.78 Å². The summed E-state index contributed by atoms with van der Waals surface area (Å²) < 4.78 is 10.5. The van der Waals surface area contributed by atoms with Gasteiger partial charge in [-0.15, -0.1) is 11.3 Å². The van der Waals surface area contributed by atoms with Gasteiger partial charge in [0.25, 0.3) is 0 Å². The van der Waals surface area contributed by atoms with Crippen LogP contribution in [0.25, 0.3) is 10.8 Å². The van der Waals surface area contributed by atoms with Gasteiger partial charge in [0.2, 0.25) is 5.89 Å².